The van der Waals surface area contributed by atoms with Gasteiger partial charge in [0, 0.05) is 18.8 Å². The van der Waals surface area contributed by atoms with Gasteiger partial charge in [-0.3, -0.25) is 9.40 Å². The van der Waals surface area contributed by atoms with E-state index in [0.29, 0.717) is 22.2 Å². The van der Waals surface area contributed by atoms with Crippen LogP contribution in [0.25, 0.3) is 22.2 Å². The SMILES string of the molecule is C[C@H](Oc1cc(-c2nn(C)c3c(I)cnc(N)c23)ccc1NS(=O)(=O)C(F)F)c1ccc(F)cc1. The van der Waals surface area contributed by atoms with Crippen molar-refractivity contribution in [2.24, 2.45) is 7.05 Å². The number of alkyl halides is 2. The van der Waals surface area contributed by atoms with E-state index in [1.165, 1.54) is 42.5 Å². The molecule has 184 valence electrons. The number of sulfonamides is 1. The number of rotatable bonds is 7. The zero-order valence-electron chi connectivity index (χ0n) is 18.3. The molecule has 3 N–H and O–H groups in total. The van der Waals surface area contributed by atoms with E-state index >= 15 is 0 Å². The molecule has 0 spiro atoms. The third-order valence-electron chi connectivity index (χ3n) is 5.23. The van der Waals surface area contributed by atoms with Gasteiger partial charge in [-0.1, -0.05) is 18.2 Å². The molecule has 2 aromatic heterocycles. The van der Waals surface area contributed by atoms with Gasteiger partial charge in [-0.2, -0.15) is 13.9 Å². The number of ether oxygens (including phenoxy) is 1. The molecule has 0 aliphatic rings. The number of aryl methyl sites for hydroxylation is 1. The van der Waals surface area contributed by atoms with Crippen LogP contribution in [0.4, 0.5) is 24.7 Å². The van der Waals surface area contributed by atoms with E-state index < -0.39 is 27.7 Å². The van der Waals surface area contributed by atoms with Crippen LogP contribution in [0, 0.1) is 9.39 Å². The second-order valence-electron chi connectivity index (χ2n) is 7.62. The molecule has 1 atom stereocenters. The zero-order valence-corrected chi connectivity index (χ0v) is 21.3. The number of aromatic nitrogens is 3. The number of nitrogens with two attached hydrogens (primary N) is 1. The summed E-state index contributed by atoms with van der Waals surface area (Å²) >= 11 is 2.11. The molecule has 0 amide bonds. The first-order chi connectivity index (χ1) is 16.5. The standard InChI is InChI=1S/C22H19F3IN5O3S/c1-11(12-3-6-14(23)7-4-12)34-17-9-13(5-8-16(17)30-35(32,33)22(24)25)19-18-20(31(2)29-19)15(26)10-28-21(18)27/h3-11,22,30H,1-2H3,(H2,27,28)/t11-/m0/s1. The second-order valence-corrected chi connectivity index (χ2v) is 10.4. The van der Waals surface area contributed by atoms with Gasteiger partial charge in [0.05, 0.1) is 20.2 Å². The van der Waals surface area contributed by atoms with Crippen LogP contribution in [0.2, 0.25) is 0 Å². The lowest BCUT2D eigenvalue weighted by Gasteiger charge is -2.19. The van der Waals surface area contributed by atoms with Crippen LogP contribution >= 0.6 is 22.6 Å². The molecule has 13 heteroatoms. The largest absolute Gasteiger partial charge is 0.484 e. The van der Waals surface area contributed by atoms with Gasteiger partial charge in [0.1, 0.15) is 29.2 Å². The Morgan fingerprint density at radius 2 is 1.86 bits per heavy atom. The number of hydrogen-bond donors (Lipinski definition) is 2. The molecule has 0 aliphatic heterocycles. The van der Waals surface area contributed by atoms with Crippen LogP contribution in [-0.2, 0) is 17.1 Å². The van der Waals surface area contributed by atoms with Crippen LogP contribution in [0.15, 0.2) is 48.7 Å². The minimum absolute atomic E-state index is 0.0282. The van der Waals surface area contributed by atoms with Gasteiger partial charge < -0.3 is 10.5 Å². The molecule has 0 saturated heterocycles. The maximum Gasteiger partial charge on any atom is 0.355 e. The average molecular weight is 617 g/mol. The van der Waals surface area contributed by atoms with Gasteiger partial charge in [0.15, 0.2) is 0 Å². The molecule has 0 unspecified atom stereocenters. The summed E-state index contributed by atoms with van der Waals surface area (Å²) in [6.45, 7) is 1.66. The maximum atomic E-state index is 13.3. The highest BCUT2D eigenvalue weighted by molar-refractivity contribution is 14.1. The normalized spacial score (nSPS) is 12.8. The quantitative estimate of drug-likeness (QED) is 0.281. The van der Waals surface area contributed by atoms with Gasteiger partial charge in [-0.15, -0.1) is 0 Å². The van der Waals surface area contributed by atoms with Crippen molar-refractivity contribution in [3.05, 3.63) is 63.6 Å². The summed E-state index contributed by atoms with van der Waals surface area (Å²) in [6.07, 6.45) is 0.943. The molecule has 35 heavy (non-hydrogen) atoms. The van der Waals surface area contributed by atoms with Gasteiger partial charge in [0.25, 0.3) is 10.0 Å². The van der Waals surface area contributed by atoms with Gasteiger partial charge in [0.2, 0.25) is 0 Å². The van der Waals surface area contributed by atoms with Crippen LogP contribution in [0.3, 0.4) is 0 Å². The topological polar surface area (TPSA) is 112 Å². The number of benzene rings is 2. The molecule has 4 rings (SSSR count). The Hall–Kier alpha value is -3.07. The number of anilines is 2. The smallest absolute Gasteiger partial charge is 0.355 e. The van der Waals surface area contributed by atoms with Gasteiger partial charge in [-0.05, 0) is 59.3 Å². The summed E-state index contributed by atoms with van der Waals surface area (Å²) in [5.41, 5.74) is 8.22. The highest BCUT2D eigenvalue weighted by Crippen LogP contribution is 2.38. The lowest BCUT2D eigenvalue weighted by atomic mass is 10.1. The van der Waals surface area contributed by atoms with Crippen LogP contribution in [0.5, 0.6) is 5.75 Å². The lowest BCUT2D eigenvalue weighted by Crippen LogP contribution is -2.21. The highest BCUT2D eigenvalue weighted by Gasteiger charge is 2.26. The van der Waals surface area contributed by atoms with Crippen molar-refractivity contribution in [3.8, 4) is 17.0 Å². The second kappa shape index (κ2) is 9.53. The summed E-state index contributed by atoms with van der Waals surface area (Å²) in [5, 5.41) is 5.12. The fraction of sp³-hybridized carbons (Fsp3) is 0.182. The van der Waals surface area contributed by atoms with E-state index in [1.807, 2.05) is 4.72 Å². The molecule has 0 aliphatic carbocycles. The van der Waals surface area contributed by atoms with E-state index in [-0.39, 0.29) is 17.3 Å². The minimum atomic E-state index is -4.96. The van der Waals surface area contributed by atoms with Crippen LogP contribution in [0.1, 0.15) is 18.6 Å². The number of hydrogen-bond acceptors (Lipinski definition) is 6. The molecule has 0 radical (unpaired) electrons. The van der Waals surface area contributed by atoms with Crippen molar-refractivity contribution in [2.45, 2.75) is 18.8 Å². The monoisotopic (exact) mass is 617 g/mol. The number of fused-ring (bicyclic) bond motifs is 1. The average Bonchev–Trinajstić information content (AvgIpc) is 3.16. The third kappa shape index (κ3) is 5.00. The minimum Gasteiger partial charge on any atom is -0.484 e. The Balaban J connectivity index is 1.83. The lowest BCUT2D eigenvalue weighted by molar-refractivity contribution is 0.228. The Bertz CT molecular complexity index is 1510. The molecule has 0 saturated carbocycles. The highest BCUT2D eigenvalue weighted by atomic mass is 127. The number of halogens is 4. The fourth-order valence-electron chi connectivity index (χ4n) is 3.54. The van der Waals surface area contributed by atoms with Crippen molar-refractivity contribution in [3.63, 3.8) is 0 Å². The van der Waals surface area contributed by atoms with Crippen molar-refractivity contribution in [1.82, 2.24) is 14.8 Å². The molecule has 2 heterocycles. The molecule has 8 nitrogen and oxygen atoms in total. The molecule has 0 fully saturated rings. The molecule has 4 aromatic rings. The van der Waals surface area contributed by atoms with Gasteiger partial charge in [-0.25, -0.2) is 17.8 Å². The molecular weight excluding hydrogens is 598 g/mol. The van der Waals surface area contributed by atoms with Crippen molar-refractivity contribution in [2.75, 3.05) is 10.5 Å². The Morgan fingerprint density at radius 3 is 2.51 bits per heavy atom. The Kier molecular flexibility index (Phi) is 6.81. The summed E-state index contributed by atoms with van der Waals surface area (Å²) in [6, 6.07) is 9.82. The summed E-state index contributed by atoms with van der Waals surface area (Å²) < 4.78 is 73.4. The number of pyridine rings is 1. The zero-order chi connectivity index (χ0) is 25.5. The first kappa shape index (κ1) is 25.0. The van der Waals surface area contributed by atoms with Crippen molar-refractivity contribution in [1.29, 1.82) is 0 Å². The van der Waals surface area contributed by atoms with E-state index in [0.717, 1.165) is 9.09 Å². The first-order valence-corrected chi connectivity index (χ1v) is 12.7. The number of nitrogens with zero attached hydrogens (tertiary/aromatic N) is 3. The van der Waals surface area contributed by atoms with Crippen LogP contribution in [-0.4, -0.2) is 28.9 Å². The van der Waals surface area contributed by atoms with Crippen molar-refractivity contribution >= 4 is 55.0 Å². The maximum absolute atomic E-state index is 13.3. The third-order valence-corrected chi connectivity index (χ3v) is 6.99. The fourth-order valence-corrected chi connectivity index (χ4v) is 4.86. The molecule has 2 aromatic carbocycles. The van der Waals surface area contributed by atoms with Crippen molar-refractivity contribution < 1.29 is 26.3 Å². The van der Waals surface area contributed by atoms with E-state index in [1.54, 1.807) is 24.9 Å². The predicted molar refractivity (Wildman–Crippen MR) is 135 cm³/mol. The van der Waals surface area contributed by atoms with E-state index in [2.05, 4.69) is 32.7 Å². The molecule has 0 bridgehead atoms. The van der Waals surface area contributed by atoms with E-state index in [9.17, 15) is 21.6 Å². The Labute approximate surface area is 212 Å². The predicted octanol–water partition coefficient (Wildman–Crippen LogP) is 5.07. The number of nitrogens with one attached hydrogen (secondary N) is 1. The summed E-state index contributed by atoms with van der Waals surface area (Å²) in [7, 11) is -3.22. The number of nitrogen functional groups attached to an aromatic ring is 1. The van der Waals surface area contributed by atoms with Crippen LogP contribution < -0.4 is 15.2 Å². The summed E-state index contributed by atoms with van der Waals surface area (Å²) in [4.78, 5) is 4.19. The first-order valence-electron chi connectivity index (χ1n) is 10.1. The van der Waals surface area contributed by atoms with E-state index in [4.69, 9.17) is 10.5 Å². The Morgan fingerprint density at radius 1 is 1.17 bits per heavy atom. The summed E-state index contributed by atoms with van der Waals surface area (Å²) in [5.74, 6) is -3.86. The molecular formula is C22H19F3IN5O3S. The van der Waals surface area contributed by atoms with Gasteiger partial charge >= 0.3 is 5.76 Å².